The number of urea groups is 1. The van der Waals surface area contributed by atoms with Crippen molar-refractivity contribution in [3.8, 4) is 6.07 Å². The average molecular weight is 473 g/mol. The lowest BCUT2D eigenvalue weighted by molar-refractivity contribution is -0.137. The standard InChI is InChI=1S/C20H23F3N6O2.ClH/c1-12(2)29(15-7-5-6-14(8-15)20(21,22)23)16(30)13(9-24)10-26-17(25)28-11-19(3,4)27-18(28)31;/h5-8,10,12H,11H2,1-4H3,(H2,25,26)(H,27,31);1H. The molecule has 1 aliphatic rings. The molecule has 1 aromatic rings. The van der Waals surface area contributed by atoms with Crippen molar-refractivity contribution in [3.63, 3.8) is 0 Å². The Labute approximate surface area is 190 Å². The van der Waals surface area contributed by atoms with Gasteiger partial charge in [0.25, 0.3) is 5.91 Å². The summed E-state index contributed by atoms with van der Waals surface area (Å²) in [6, 6.07) is 4.87. The molecule has 8 nitrogen and oxygen atoms in total. The third kappa shape index (κ3) is 6.13. The predicted octanol–water partition coefficient (Wildman–Crippen LogP) is 3.60. The van der Waals surface area contributed by atoms with Crippen LogP contribution in [0.5, 0.6) is 0 Å². The first-order valence-electron chi connectivity index (χ1n) is 9.32. The lowest BCUT2D eigenvalue weighted by Gasteiger charge is -2.27. The number of nitrogens with zero attached hydrogens (tertiary/aromatic N) is 3. The second kappa shape index (κ2) is 9.91. The lowest BCUT2D eigenvalue weighted by Crippen LogP contribution is -2.42. The van der Waals surface area contributed by atoms with E-state index in [0.717, 1.165) is 28.1 Å². The molecule has 2 rings (SSSR count). The second-order valence-electron chi connectivity index (χ2n) is 7.88. The fraction of sp³-hybridized carbons (Fsp3) is 0.400. The summed E-state index contributed by atoms with van der Waals surface area (Å²) in [6.45, 7) is 6.93. The SMILES string of the molecule is CC(C)N(C(=O)C(C#N)=CNC(=N)N1CC(C)(C)NC1=O)c1cccc(C(F)(F)F)c1.Cl. The number of hydrogen-bond donors (Lipinski definition) is 3. The molecule has 0 bridgehead atoms. The summed E-state index contributed by atoms with van der Waals surface area (Å²) in [5.74, 6) is -1.19. The number of rotatable bonds is 4. The van der Waals surface area contributed by atoms with Crippen molar-refractivity contribution in [2.24, 2.45) is 0 Å². The molecular formula is C20H24ClF3N6O2. The van der Waals surface area contributed by atoms with E-state index >= 15 is 0 Å². The van der Waals surface area contributed by atoms with E-state index in [-0.39, 0.29) is 30.6 Å². The summed E-state index contributed by atoms with van der Waals surface area (Å²) < 4.78 is 39.2. The monoisotopic (exact) mass is 472 g/mol. The smallest absolute Gasteiger partial charge is 0.331 e. The fourth-order valence-electron chi connectivity index (χ4n) is 3.02. The van der Waals surface area contributed by atoms with Gasteiger partial charge >= 0.3 is 12.2 Å². The minimum atomic E-state index is -4.59. The van der Waals surface area contributed by atoms with Gasteiger partial charge in [-0.05, 0) is 45.9 Å². The summed E-state index contributed by atoms with van der Waals surface area (Å²) in [5.41, 5.74) is -1.93. The van der Waals surface area contributed by atoms with Gasteiger partial charge in [0.05, 0.1) is 17.6 Å². The van der Waals surface area contributed by atoms with Crippen LogP contribution in [0.25, 0.3) is 0 Å². The van der Waals surface area contributed by atoms with Crippen molar-refractivity contribution in [2.75, 3.05) is 11.4 Å². The molecule has 0 saturated carbocycles. The number of hydrogen-bond acceptors (Lipinski definition) is 4. The van der Waals surface area contributed by atoms with Gasteiger partial charge in [-0.15, -0.1) is 12.4 Å². The van der Waals surface area contributed by atoms with Gasteiger partial charge in [0, 0.05) is 17.9 Å². The zero-order valence-corrected chi connectivity index (χ0v) is 18.7. The van der Waals surface area contributed by atoms with E-state index < -0.39 is 40.8 Å². The second-order valence-corrected chi connectivity index (χ2v) is 7.88. The van der Waals surface area contributed by atoms with Gasteiger partial charge in [0.15, 0.2) is 0 Å². The maximum Gasteiger partial charge on any atom is 0.416 e. The zero-order valence-electron chi connectivity index (χ0n) is 17.9. The van der Waals surface area contributed by atoms with Gasteiger partial charge in [0.2, 0.25) is 5.96 Å². The molecule has 1 heterocycles. The van der Waals surface area contributed by atoms with Crippen LogP contribution in [0.3, 0.4) is 0 Å². The zero-order chi connectivity index (χ0) is 23.6. The maximum atomic E-state index is 13.1. The third-order valence-electron chi connectivity index (χ3n) is 4.40. The highest BCUT2D eigenvalue weighted by Gasteiger charge is 2.37. The normalized spacial score (nSPS) is 15.5. The van der Waals surface area contributed by atoms with E-state index in [1.165, 1.54) is 12.1 Å². The Morgan fingerprint density at radius 3 is 2.50 bits per heavy atom. The van der Waals surface area contributed by atoms with Gasteiger partial charge in [-0.25, -0.2) is 4.79 Å². The molecule has 174 valence electrons. The molecule has 32 heavy (non-hydrogen) atoms. The molecular weight excluding hydrogens is 449 g/mol. The number of benzene rings is 1. The van der Waals surface area contributed by atoms with Crippen LogP contribution in [-0.2, 0) is 11.0 Å². The van der Waals surface area contributed by atoms with Crippen molar-refractivity contribution in [1.82, 2.24) is 15.5 Å². The van der Waals surface area contributed by atoms with E-state index in [4.69, 9.17) is 5.41 Å². The number of nitrogens with one attached hydrogen (secondary N) is 3. The van der Waals surface area contributed by atoms with Crippen LogP contribution in [0.1, 0.15) is 33.3 Å². The minimum Gasteiger partial charge on any atom is -0.331 e. The van der Waals surface area contributed by atoms with Gasteiger partial charge in [-0.3, -0.25) is 15.1 Å². The number of halogens is 4. The highest BCUT2D eigenvalue weighted by Crippen LogP contribution is 2.32. The molecule has 12 heteroatoms. The summed E-state index contributed by atoms with van der Waals surface area (Å²) in [5, 5.41) is 22.5. The predicted molar refractivity (Wildman–Crippen MR) is 115 cm³/mol. The molecule has 3 amide bonds. The van der Waals surface area contributed by atoms with E-state index in [2.05, 4.69) is 10.6 Å². The van der Waals surface area contributed by atoms with Gasteiger partial charge < -0.3 is 15.5 Å². The first-order valence-corrected chi connectivity index (χ1v) is 9.32. The van der Waals surface area contributed by atoms with Crippen molar-refractivity contribution < 1.29 is 22.8 Å². The number of guanidine groups is 1. The van der Waals surface area contributed by atoms with Gasteiger partial charge in [0.1, 0.15) is 11.6 Å². The van der Waals surface area contributed by atoms with E-state index in [1.807, 2.05) is 0 Å². The quantitative estimate of drug-likeness (QED) is 0.269. The van der Waals surface area contributed by atoms with Crippen LogP contribution in [0.4, 0.5) is 23.7 Å². The summed E-state index contributed by atoms with van der Waals surface area (Å²) >= 11 is 0. The molecule has 0 atom stereocenters. The van der Waals surface area contributed by atoms with Gasteiger partial charge in [-0.2, -0.15) is 18.4 Å². The third-order valence-corrected chi connectivity index (χ3v) is 4.40. The van der Waals surface area contributed by atoms with Crippen molar-refractivity contribution in [2.45, 2.75) is 45.5 Å². The summed E-state index contributed by atoms with van der Waals surface area (Å²) in [7, 11) is 0. The maximum absolute atomic E-state index is 13.1. The summed E-state index contributed by atoms with van der Waals surface area (Å²) in [4.78, 5) is 27.0. The van der Waals surface area contributed by atoms with Gasteiger partial charge in [-0.1, -0.05) is 6.07 Å². The molecule has 1 aliphatic heterocycles. The van der Waals surface area contributed by atoms with Crippen LogP contribution in [0, 0.1) is 16.7 Å². The van der Waals surface area contributed by atoms with E-state index in [0.29, 0.717) is 0 Å². The Balaban J connectivity index is 0.00000512. The Morgan fingerprint density at radius 2 is 2.03 bits per heavy atom. The number of anilines is 1. The Bertz CT molecular complexity index is 969. The molecule has 0 radical (unpaired) electrons. The largest absolute Gasteiger partial charge is 0.416 e. The molecule has 3 N–H and O–H groups in total. The highest BCUT2D eigenvalue weighted by atomic mass is 35.5. The van der Waals surface area contributed by atoms with Crippen LogP contribution >= 0.6 is 12.4 Å². The van der Waals surface area contributed by atoms with Crippen LogP contribution in [0.15, 0.2) is 36.0 Å². The van der Waals surface area contributed by atoms with Crippen molar-refractivity contribution in [1.29, 1.82) is 10.7 Å². The fourth-order valence-corrected chi connectivity index (χ4v) is 3.02. The Hall–Kier alpha value is -3.26. The number of carbonyl (C=O) groups excluding carboxylic acids is 2. The van der Waals surface area contributed by atoms with E-state index in [1.54, 1.807) is 33.8 Å². The highest BCUT2D eigenvalue weighted by molar-refractivity contribution is 6.09. The van der Waals surface area contributed by atoms with Crippen LogP contribution in [-0.4, -0.2) is 40.9 Å². The molecule has 1 fully saturated rings. The number of alkyl halides is 3. The van der Waals surface area contributed by atoms with Crippen LogP contribution in [0.2, 0.25) is 0 Å². The molecule has 0 aromatic heterocycles. The lowest BCUT2D eigenvalue weighted by atomic mass is 10.1. The topological polar surface area (TPSA) is 112 Å². The average Bonchev–Trinajstić information content (AvgIpc) is 2.94. The molecule has 1 saturated heterocycles. The van der Waals surface area contributed by atoms with Crippen LogP contribution < -0.4 is 15.5 Å². The number of carbonyl (C=O) groups is 2. The molecule has 0 unspecified atom stereocenters. The molecule has 1 aromatic carbocycles. The number of nitriles is 1. The van der Waals surface area contributed by atoms with Crippen molar-refractivity contribution >= 4 is 36.0 Å². The Morgan fingerprint density at radius 1 is 1.41 bits per heavy atom. The molecule has 0 aliphatic carbocycles. The Kier molecular flexibility index (Phi) is 8.29. The molecule has 0 spiro atoms. The number of amides is 3. The minimum absolute atomic E-state index is 0. The first kappa shape index (κ1) is 26.8. The first-order chi connectivity index (χ1) is 14.3. The van der Waals surface area contributed by atoms with E-state index in [9.17, 15) is 28.0 Å². The van der Waals surface area contributed by atoms with Crippen molar-refractivity contribution in [3.05, 3.63) is 41.6 Å². The summed E-state index contributed by atoms with van der Waals surface area (Å²) in [6.07, 6.45) is -3.62.